The van der Waals surface area contributed by atoms with Gasteiger partial charge < -0.3 is 4.90 Å². The summed E-state index contributed by atoms with van der Waals surface area (Å²) in [6.45, 7) is 0.939. The number of hydrogen-bond donors (Lipinski definition) is 0. The molecule has 0 bridgehead atoms. The smallest absolute Gasteiger partial charge is 0.223 e. The van der Waals surface area contributed by atoms with Crippen molar-refractivity contribution in [3.05, 3.63) is 0 Å². The molecular weight excluding hydrogens is 230 g/mol. The fraction of sp³-hybridized carbons (Fsp3) is 0.909. The normalized spacial score (nSPS) is 21.7. The summed E-state index contributed by atoms with van der Waals surface area (Å²) in [5, 5.41) is 0. The number of hydrogen-bond acceptors (Lipinski definition) is 2. The molecule has 15 heavy (non-hydrogen) atoms. The molecule has 0 aromatic heterocycles. The van der Waals surface area contributed by atoms with Crippen LogP contribution in [0.3, 0.4) is 0 Å². The number of rotatable bonds is 5. The number of halogens is 1. The van der Waals surface area contributed by atoms with Gasteiger partial charge in [-0.15, -0.1) is 11.6 Å². The Morgan fingerprint density at radius 3 is 3.00 bits per heavy atom. The van der Waals surface area contributed by atoms with Gasteiger partial charge in [0.1, 0.15) is 0 Å². The topological polar surface area (TPSA) is 20.3 Å². The third-order valence-corrected chi connectivity index (χ3v) is 3.74. The summed E-state index contributed by atoms with van der Waals surface area (Å²) in [4.78, 5) is 14.0. The van der Waals surface area contributed by atoms with Crippen molar-refractivity contribution in [1.82, 2.24) is 4.90 Å². The number of likely N-dealkylation sites (tertiary alicyclic amines) is 1. The lowest BCUT2D eigenvalue weighted by Gasteiger charge is -2.35. The van der Waals surface area contributed by atoms with Crippen molar-refractivity contribution >= 4 is 29.3 Å². The summed E-state index contributed by atoms with van der Waals surface area (Å²) in [5.41, 5.74) is 0. The Bertz CT molecular complexity index is 199. The van der Waals surface area contributed by atoms with Crippen LogP contribution < -0.4 is 0 Å². The average Bonchev–Trinajstić information content (AvgIpc) is 2.27. The summed E-state index contributed by atoms with van der Waals surface area (Å²) in [6, 6.07) is 0.408. The predicted octanol–water partition coefficient (Wildman–Crippen LogP) is 2.75. The van der Waals surface area contributed by atoms with Crippen LogP contribution in [0.4, 0.5) is 0 Å². The molecule has 88 valence electrons. The summed E-state index contributed by atoms with van der Waals surface area (Å²) in [7, 11) is 0. The first-order valence-corrected chi connectivity index (χ1v) is 7.56. The number of amides is 1. The molecule has 1 aliphatic heterocycles. The van der Waals surface area contributed by atoms with Crippen molar-refractivity contribution in [1.29, 1.82) is 0 Å². The SMILES string of the molecule is CSCCC(=O)N1CCCCC1CCCl. The van der Waals surface area contributed by atoms with E-state index in [2.05, 4.69) is 4.90 Å². The highest BCUT2D eigenvalue weighted by molar-refractivity contribution is 7.98. The van der Waals surface area contributed by atoms with Crippen molar-refractivity contribution in [3.8, 4) is 0 Å². The van der Waals surface area contributed by atoms with Crippen LogP contribution in [0.2, 0.25) is 0 Å². The van der Waals surface area contributed by atoms with Crippen LogP contribution in [-0.4, -0.2) is 41.3 Å². The summed E-state index contributed by atoms with van der Waals surface area (Å²) < 4.78 is 0. The van der Waals surface area contributed by atoms with Gasteiger partial charge in [0, 0.05) is 30.6 Å². The molecule has 0 aromatic rings. The Kier molecular flexibility index (Phi) is 6.50. The van der Waals surface area contributed by atoms with Gasteiger partial charge in [0.2, 0.25) is 5.91 Å². The van der Waals surface area contributed by atoms with Crippen molar-refractivity contribution in [2.24, 2.45) is 0 Å². The van der Waals surface area contributed by atoms with Crippen molar-refractivity contribution in [2.45, 2.75) is 38.1 Å². The Morgan fingerprint density at radius 2 is 2.33 bits per heavy atom. The lowest BCUT2D eigenvalue weighted by Crippen LogP contribution is -2.44. The van der Waals surface area contributed by atoms with Crippen molar-refractivity contribution in [3.63, 3.8) is 0 Å². The molecule has 1 fully saturated rings. The van der Waals surface area contributed by atoms with E-state index in [0.717, 1.165) is 31.6 Å². The standard InChI is InChI=1S/C11H20ClNOS/c1-15-9-6-11(14)13-8-3-2-4-10(13)5-7-12/h10H,2-9H2,1H3. The van der Waals surface area contributed by atoms with Gasteiger partial charge in [0.25, 0.3) is 0 Å². The third kappa shape index (κ3) is 4.23. The number of thioether (sulfide) groups is 1. The van der Waals surface area contributed by atoms with Gasteiger partial charge in [-0.25, -0.2) is 0 Å². The molecule has 0 N–H and O–H groups in total. The summed E-state index contributed by atoms with van der Waals surface area (Å²) >= 11 is 7.50. The van der Waals surface area contributed by atoms with Crippen LogP contribution in [0.1, 0.15) is 32.1 Å². The predicted molar refractivity (Wildman–Crippen MR) is 67.7 cm³/mol. The molecule has 4 heteroatoms. The molecule has 0 aromatic carbocycles. The maximum Gasteiger partial charge on any atom is 0.223 e. The van der Waals surface area contributed by atoms with Crippen molar-refractivity contribution < 1.29 is 4.79 Å². The molecule has 1 heterocycles. The first-order valence-electron chi connectivity index (χ1n) is 5.64. The van der Waals surface area contributed by atoms with E-state index in [1.165, 1.54) is 6.42 Å². The number of alkyl halides is 1. The fourth-order valence-corrected chi connectivity index (χ4v) is 2.72. The molecule has 0 aliphatic carbocycles. The molecule has 2 nitrogen and oxygen atoms in total. The van der Waals surface area contributed by atoms with Crippen LogP contribution in [0.5, 0.6) is 0 Å². The van der Waals surface area contributed by atoms with E-state index in [9.17, 15) is 4.79 Å². The summed E-state index contributed by atoms with van der Waals surface area (Å²) in [5.74, 6) is 1.92. The second kappa shape index (κ2) is 7.39. The van der Waals surface area contributed by atoms with E-state index in [1.54, 1.807) is 11.8 Å². The minimum atomic E-state index is 0.319. The maximum absolute atomic E-state index is 11.9. The molecular formula is C11H20ClNOS. The number of carbonyl (C=O) groups is 1. The minimum Gasteiger partial charge on any atom is -0.340 e. The van der Waals surface area contributed by atoms with E-state index in [1.807, 2.05) is 6.26 Å². The van der Waals surface area contributed by atoms with E-state index in [4.69, 9.17) is 11.6 Å². The first-order chi connectivity index (χ1) is 7.29. The highest BCUT2D eigenvalue weighted by Crippen LogP contribution is 2.21. The van der Waals surface area contributed by atoms with Crippen LogP contribution in [0.25, 0.3) is 0 Å². The van der Waals surface area contributed by atoms with E-state index >= 15 is 0 Å². The Hall–Kier alpha value is 0.110. The molecule has 1 aliphatic rings. The zero-order valence-electron chi connectivity index (χ0n) is 9.38. The molecule has 0 radical (unpaired) electrons. The van der Waals surface area contributed by atoms with Gasteiger partial charge in [0.15, 0.2) is 0 Å². The monoisotopic (exact) mass is 249 g/mol. The van der Waals surface area contributed by atoms with E-state index in [0.29, 0.717) is 24.2 Å². The second-order valence-electron chi connectivity index (χ2n) is 3.96. The second-order valence-corrected chi connectivity index (χ2v) is 5.32. The Morgan fingerprint density at radius 1 is 1.53 bits per heavy atom. The molecule has 1 rings (SSSR count). The third-order valence-electron chi connectivity index (χ3n) is 2.91. The molecule has 0 saturated carbocycles. The fourth-order valence-electron chi connectivity index (χ4n) is 2.09. The van der Waals surface area contributed by atoms with Gasteiger partial charge in [-0.3, -0.25) is 4.79 Å². The average molecular weight is 250 g/mol. The molecule has 1 amide bonds. The molecule has 1 atom stereocenters. The van der Waals surface area contributed by atoms with Crippen LogP contribution in [0.15, 0.2) is 0 Å². The van der Waals surface area contributed by atoms with Gasteiger partial charge in [-0.05, 0) is 31.9 Å². The zero-order valence-corrected chi connectivity index (χ0v) is 10.9. The van der Waals surface area contributed by atoms with E-state index in [-0.39, 0.29) is 0 Å². The van der Waals surface area contributed by atoms with E-state index < -0.39 is 0 Å². The van der Waals surface area contributed by atoms with Crippen LogP contribution in [0, 0.1) is 0 Å². The zero-order chi connectivity index (χ0) is 11.1. The number of carbonyl (C=O) groups excluding carboxylic acids is 1. The lowest BCUT2D eigenvalue weighted by atomic mass is 9.99. The van der Waals surface area contributed by atoms with Crippen LogP contribution >= 0.6 is 23.4 Å². The largest absolute Gasteiger partial charge is 0.340 e. The van der Waals surface area contributed by atoms with Gasteiger partial charge in [0.05, 0.1) is 0 Å². The van der Waals surface area contributed by atoms with Crippen molar-refractivity contribution in [2.75, 3.05) is 24.4 Å². The highest BCUT2D eigenvalue weighted by Gasteiger charge is 2.25. The molecule has 1 saturated heterocycles. The first kappa shape index (κ1) is 13.2. The Labute approximate surface area is 102 Å². The number of piperidine rings is 1. The summed E-state index contributed by atoms with van der Waals surface area (Å²) in [6.07, 6.45) is 7.21. The lowest BCUT2D eigenvalue weighted by molar-refractivity contribution is -0.134. The number of nitrogens with zero attached hydrogens (tertiary/aromatic N) is 1. The quantitative estimate of drug-likeness (QED) is 0.699. The van der Waals surface area contributed by atoms with Gasteiger partial charge in [-0.1, -0.05) is 0 Å². The Balaban J connectivity index is 2.43. The van der Waals surface area contributed by atoms with Gasteiger partial charge in [-0.2, -0.15) is 11.8 Å². The highest BCUT2D eigenvalue weighted by atomic mass is 35.5. The minimum absolute atomic E-state index is 0.319. The van der Waals surface area contributed by atoms with Crippen LogP contribution in [-0.2, 0) is 4.79 Å². The van der Waals surface area contributed by atoms with Gasteiger partial charge >= 0.3 is 0 Å². The maximum atomic E-state index is 11.9. The molecule has 0 spiro atoms. The molecule has 1 unspecified atom stereocenters.